The molecular formula is C7H14O3. The Balaban J connectivity index is 3.63. The Morgan fingerprint density at radius 1 is 1.50 bits per heavy atom. The molecule has 3 nitrogen and oxygen atoms in total. The highest BCUT2D eigenvalue weighted by molar-refractivity contribution is 5.56. The van der Waals surface area contributed by atoms with Crippen molar-refractivity contribution in [3.8, 4) is 0 Å². The van der Waals surface area contributed by atoms with E-state index < -0.39 is 0 Å². The lowest BCUT2D eigenvalue weighted by atomic mass is 10.1. The molecule has 0 rings (SSSR count). The van der Waals surface area contributed by atoms with Crippen molar-refractivity contribution in [3.05, 3.63) is 0 Å². The largest absolute Gasteiger partial charge is 0.384 e. The molecule has 0 fully saturated rings. The summed E-state index contributed by atoms with van der Waals surface area (Å²) in [5, 5.41) is 0. The number of hydrogen-bond donors (Lipinski definition) is 0. The fraction of sp³-hybridized carbons (Fsp3) is 0.857. The van der Waals surface area contributed by atoms with Crippen LogP contribution in [-0.2, 0) is 14.3 Å². The second kappa shape index (κ2) is 5.38. The van der Waals surface area contributed by atoms with E-state index in [0.29, 0.717) is 6.61 Å². The summed E-state index contributed by atoms with van der Waals surface area (Å²) < 4.78 is 9.72. The first-order chi connectivity index (χ1) is 4.76. The van der Waals surface area contributed by atoms with Gasteiger partial charge in [0.2, 0.25) is 0 Å². The first-order valence-corrected chi connectivity index (χ1v) is 3.23. The molecule has 0 bridgehead atoms. The maximum absolute atomic E-state index is 10.3. The first-order valence-electron chi connectivity index (χ1n) is 3.23. The van der Waals surface area contributed by atoms with Crippen molar-refractivity contribution in [2.75, 3.05) is 20.8 Å². The van der Waals surface area contributed by atoms with Gasteiger partial charge >= 0.3 is 0 Å². The Hall–Kier alpha value is -0.410. The molecule has 0 amide bonds. The van der Waals surface area contributed by atoms with Gasteiger partial charge in [0.1, 0.15) is 12.4 Å². The second-order valence-electron chi connectivity index (χ2n) is 2.27. The van der Waals surface area contributed by atoms with E-state index in [1.165, 1.54) is 7.11 Å². The predicted molar refractivity (Wildman–Crippen MR) is 37.9 cm³/mol. The maximum Gasteiger partial charge on any atom is 0.149 e. The van der Waals surface area contributed by atoms with Gasteiger partial charge in [-0.05, 0) is 0 Å². The van der Waals surface area contributed by atoms with E-state index in [0.717, 1.165) is 6.29 Å². The number of hydrogen-bond acceptors (Lipinski definition) is 3. The smallest absolute Gasteiger partial charge is 0.149 e. The van der Waals surface area contributed by atoms with Crippen molar-refractivity contribution in [2.24, 2.45) is 5.92 Å². The molecule has 0 aliphatic heterocycles. The highest BCUT2D eigenvalue weighted by atomic mass is 16.5. The van der Waals surface area contributed by atoms with Crippen LogP contribution < -0.4 is 0 Å². The average molecular weight is 146 g/mol. The van der Waals surface area contributed by atoms with Crippen molar-refractivity contribution >= 4 is 6.29 Å². The third kappa shape index (κ3) is 2.94. The van der Waals surface area contributed by atoms with Crippen molar-refractivity contribution in [1.29, 1.82) is 0 Å². The summed E-state index contributed by atoms with van der Waals surface area (Å²) in [5.74, 6) is 0.132. The summed E-state index contributed by atoms with van der Waals surface area (Å²) in [5.41, 5.74) is 0. The van der Waals surface area contributed by atoms with Gasteiger partial charge in [-0.25, -0.2) is 0 Å². The standard InChI is InChI=1S/C7H14O3/c1-6(5-9-2)7(4-8)10-3/h4,6-7H,5H2,1-3H3. The third-order valence-corrected chi connectivity index (χ3v) is 1.40. The van der Waals surface area contributed by atoms with Gasteiger partial charge in [-0.3, -0.25) is 0 Å². The molecule has 0 saturated heterocycles. The van der Waals surface area contributed by atoms with Crippen LogP contribution in [0.25, 0.3) is 0 Å². The molecule has 0 aromatic carbocycles. The van der Waals surface area contributed by atoms with Crippen LogP contribution in [0.1, 0.15) is 6.92 Å². The zero-order chi connectivity index (χ0) is 7.98. The zero-order valence-corrected chi connectivity index (χ0v) is 6.66. The van der Waals surface area contributed by atoms with Crippen LogP contribution in [0.4, 0.5) is 0 Å². The SMILES string of the molecule is COCC(C)C(C=O)OC. The molecular weight excluding hydrogens is 132 g/mol. The van der Waals surface area contributed by atoms with Crippen LogP contribution in [0.3, 0.4) is 0 Å². The van der Waals surface area contributed by atoms with Crippen LogP contribution >= 0.6 is 0 Å². The van der Waals surface area contributed by atoms with Gasteiger partial charge < -0.3 is 14.3 Å². The van der Waals surface area contributed by atoms with E-state index in [-0.39, 0.29) is 12.0 Å². The summed E-state index contributed by atoms with van der Waals surface area (Å²) in [7, 11) is 3.12. The fourth-order valence-electron chi connectivity index (χ4n) is 0.780. The average Bonchev–Trinajstić information content (AvgIpc) is 1.91. The lowest BCUT2D eigenvalue weighted by Gasteiger charge is -2.15. The lowest BCUT2D eigenvalue weighted by Crippen LogP contribution is -2.25. The Kier molecular flexibility index (Phi) is 5.16. The minimum atomic E-state index is -0.333. The maximum atomic E-state index is 10.3. The van der Waals surface area contributed by atoms with E-state index in [2.05, 4.69) is 0 Å². The quantitative estimate of drug-likeness (QED) is 0.529. The number of methoxy groups -OCH3 is 2. The van der Waals surface area contributed by atoms with Gasteiger partial charge in [0.15, 0.2) is 0 Å². The summed E-state index contributed by atoms with van der Waals surface area (Å²) in [6.45, 7) is 2.46. The van der Waals surface area contributed by atoms with Crippen LogP contribution in [-0.4, -0.2) is 33.2 Å². The second-order valence-corrected chi connectivity index (χ2v) is 2.27. The van der Waals surface area contributed by atoms with Gasteiger partial charge in [0, 0.05) is 20.1 Å². The topological polar surface area (TPSA) is 35.5 Å². The van der Waals surface area contributed by atoms with Gasteiger partial charge in [-0.15, -0.1) is 0 Å². The van der Waals surface area contributed by atoms with E-state index in [1.54, 1.807) is 7.11 Å². The molecule has 0 aliphatic rings. The van der Waals surface area contributed by atoms with Crippen molar-refractivity contribution < 1.29 is 14.3 Å². The van der Waals surface area contributed by atoms with Gasteiger partial charge in [-0.1, -0.05) is 6.92 Å². The highest BCUT2D eigenvalue weighted by Gasteiger charge is 2.14. The Morgan fingerprint density at radius 3 is 2.40 bits per heavy atom. The molecule has 3 heteroatoms. The molecule has 0 aromatic rings. The Bertz CT molecular complexity index is 92.9. The molecule has 0 aromatic heterocycles. The minimum Gasteiger partial charge on any atom is -0.384 e. The predicted octanol–water partition coefficient (Wildman–Crippen LogP) is 0.483. The lowest BCUT2D eigenvalue weighted by molar-refractivity contribution is -0.120. The van der Waals surface area contributed by atoms with Crippen LogP contribution in [0, 0.1) is 5.92 Å². The van der Waals surface area contributed by atoms with Gasteiger partial charge in [0.05, 0.1) is 6.61 Å². The molecule has 0 heterocycles. The Labute approximate surface area is 61.3 Å². The molecule has 10 heavy (non-hydrogen) atoms. The fourth-order valence-corrected chi connectivity index (χ4v) is 0.780. The van der Waals surface area contributed by atoms with Gasteiger partial charge in [0.25, 0.3) is 0 Å². The molecule has 0 N–H and O–H groups in total. The summed E-state index contributed by atoms with van der Waals surface area (Å²) >= 11 is 0. The molecule has 0 radical (unpaired) electrons. The first kappa shape index (κ1) is 9.59. The van der Waals surface area contributed by atoms with Gasteiger partial charge in [-0.2, -0.15) is 0 Å². The molecule has 0 aliphatic carbocycles. The summed E-state index contributed by atoms with van der Waals surface area (Å²) in [6, 6.07) is 0. The number of ether oxygens (including phenoxy) is 2. The number of carbonyl (C=O) groups excluding carboxylic acids is 1. The molecule has 0 saturated carbocycles. The van der Waals surface area contributed by atoms with E-state index in [4.69, 9.17) is 9.47 Å². The molecule has 2 atom stereocenters. The highest BCUT2D eigenvalue weighted by Crippen LogP contribution is 2.03. The third-order valence-electron chi connectivity index (χ3n) is 1.40. The van der Waals surface area contributed by atoms with Crippen molar-refractivity contribution in [2.45, 2.75) is 13.0 Å². The van der Waals surface area contributed by atoms with Crippen LogP contribution in [0.2, 0.25) is 0 Å². The molecule has 60 valence electrons. The number of carbonyl (C=O) groups is 1. The van der Waals surface area contributed by atoms with Crippen LogP contribution in [0.5, 0.6) is 0 Å². The van der Waals surface area contributed by atoms with E-state index in [9.17, 15) is 4.79 Å². The zero-order valence-electron chi connectivity index (χ0n) is 6.66. The van der Waals surface area contributed by atoms with Crippen molar-refractivity contribution in [3.63, 3.8) is 0 Å². The monoisotopic (exact) mass is 146 g/mol. The molecule has 2 unspecified atom stereocenters. The summed E-state index contributed by atoms with van der Waals surface area (Å²) in [6.07, 6.45) is 0.462. The van der Waals surface area contributed by atoms with Crippen LogP contribution in [0.15, 0.2) is 0 Å². The number of rotatable bonds is 5. The normalized spacial score (nSPS) is 16.3. The van der Waals surface area contributed by atoms with E-state index >= 15 is 0 Å². The Morgan fingerprint density at radius 2 is 2.10 bits per heavy atom. The van der Waals surface area contributed by atoms with E-state index in [1.807, 2.05) is 6.92 Å². The number of aldehydes is 1. The summed E-state index contributed by atoms with van der Waals surface area (Å²) in [4.78, 5) is 10.3. The molecule has 0 spiro atoms. The minimum absolute atomic E-state index is 0.132. The van der Waals surface area contributed by atoms with Crippen molar-refractivity contribution in [1.82, 2.24) is 0 Å².